The number of benzene rings is 1. The molecule has 19 heavy (non-hydrogen) atoms. The van der Waals surface area contributed by atoms with E-state index in [1.165, 1.54) is 32.1 Å². The molecule has 0 aliphatic carbocycles. The summed E-state index contributed by atoms with van der Waals surface area (Å²) in [4.78, 5) is 0. The van der Waals surface area contributed by atoms with Crippen LogP contribution in [0.5, 0.6) is 0 Å². The molecule has 0 saturated heterocycles. The molecule has 1 rings (SSSR count). The lowest BCUT2D eigenvalue weighted by atomic mass is 10.1. The molecule has 108 valence electrons. The molecule has 0 aromatic heterocycles. The molecule has 1 aromatic rings. The van der Waals surface area contributed by atoms with Gasteiger partial charge in [0.25, 0.3) is 0 Å². The van der Waals surface area contributed by atoms with E-state index < -0.39 is 5.82 Å². The highest BCUT2D eigenvalue weighted by molar-refractivity contribution is 6.35. The SMILES string of the molecule is CCCCCCCC(C)Nc1cc(Cl)c(F)c(Cl)c1. The Morgan fingerprint density at radius 3 is 2.26 bits per heavy atom. The molecule has 1 atom stereocenters. The summed E-state index contributed by atoms with van der Waals surface area (Å²) in [5.74, 6) is -0.555. The van der Waals surface area contributed by atoms with Crippen LogP contribution in [0.2, 0.25) is 10.0 Å². The molecule has 4 heteroatoms. The lowest BCUT2D eigenvalue weighted by Crippen LogP contribution is -2.15. The van der Waals surface area contributed by atoms with E-state index in [0.29, 0.717) is 6.04 Å². The van der Waals surface area contributed by atoms with Crippen molar-refractivity contribution in [3.05, 3.63) is 28.0 Å². The molecule has 1 unspecified atom stereocenters. The van der Waals surface area contributed by atoms with Crippen molar-refractivity contribution in [1.82, 2.24) is 0 Å². The Bertz CT molecular complexity index is 373. The van der Waals surface area contributed by atoms with Gasteiger partial charge in [-0.05, 0) is 25.5 Å². The lowest BCUT2D eigenvalue weighted by molar-refractivity contribution is 0.578. The molecule has 0 fully saturated rings. The van der Waals surface area contributed by atoms with Crippen LogP contribution < -0.4 is 5.32 Å². The van der Waals surface area contributed by atoms with Crippen LogP contribution in [0.4, 0.5) is 10.1 Å². The Morgan fingerprint density at radius 2 is 1.68 bits per heavy atom. The molecule has 0 amide bonds. The summed E-state index contributed by atoms with van der Waals surface area (Å²) in [6, 6.07) is 3.49. The monoisotopic (exact) mass is 305 g/mol. The molecule has 0 spiro atoms. The number of hydrogen-bond donors (Lipinski definition) is 1. The zero-order valence-electron chi connectivity index (χ0n) is 11.6. The van der Waals surface area contributed by atoms with Gasteiger partial charge in [0.1, 0.15) is 0 Å². The highest BCUT2D eigenvalue weighted by Gasteiger charge is 2.09. The topological polar surface area (TPSA) is 12.0 Å². The fraction of sp³-hybridized carbons (Fsp3) is 0.600. The number of nitrogens with one attached hydrogen (secondary N) is 1. The maximum Gasteiger partial charge on any atom is 0.160 e. The summed E-state index contributed by atoms with van der Waals surface area (Å²) in [5, 5.41) is 3.43. The molecule has 1 N–H and O–H groups in total. The van der Waals surface area contributed by atoms with Crippen LogP contribution in [0.15, 0.2) is 12.1 Å². The highest BCUT2D eigenvalue weighted by Crippen LogP contribution is 2.28. The van der Waals surface area contributed by atoms with Crippen molar-refractivity contribution in [3.63, 3.8) is 0 Å². The van der Waals surface area contributed by atoms with Gasteiger partial charge in [-0.15, -0.1) is 0 Å². The summed E-state index contributed by atoms with van der Waals surface area (Å²) in [6.07, 6.45) is 7.45. The minimum absolute atomic E-state index is 0.0603. The molecular weight excluding hydrogens is 284 g/mol. The summed E-state index contributed by atoms with van der Waals surface area (Å²) in [5.41, 5.74) is 0.775. The Morgan fingerprint density at radius 1 is 1.11 bits per heavy atom. The van der Waals surface area contributed by atoms with E-state index >= 15 is 0 Å². The molecule has 1 nitrogen and oxygen atoms in total. The molecule has 1 aromatic carbocycles. The molecule has 0 heterocycles. The van der Waals surface area contributed by atoms with Gasteiger partial charge in [-0.1, -0.05) is 62.2 Å². The fourth-order valence-electron chi connectivity index (χ4n) is 2.05. The maximum atomic E-state index is 13.3. The standard InChI is InChI=1S/C15H22Cl2FN/c1-3-4-5-6-7-8-11(2)19-12-9-13(16)15(18)14(17)10-12/h9-11,19H,3-8H2,1-2H3. The van der Waals surface area contributed by atoms with Gasteiger partial charge in [0, 0.05) is 11.7 Å². The molecule has 0 aliphatic heterocycles. The quantitative estimate of drug-likeness (QED) is 0.439. The van der Waals surface area contributed by atoms with E-state index in [9.17, 15) is 4.39 Å². The summed E-state index contributed by atoms with van der Waals surface area (Å²) >= 11 is 11.5. The van der Waals surface area contributed by atoms with Crippen molar-refractivity contribution < 1.29 is 4.39 Å². The number of anilines is 1. The average molecular weight is 306 g/mol. The average Bonchev–Trinajstić information content (AvgIpc) is 2.35. The van der Waals surface area contributed by atoms with E-state index in [2.05, 4.69) is 19.2 Å². The largest absolute Gasteiger partial charge is 0.383 e. The first kappa shape index (κ1) is 16.6. The van der Waals surface area contributed by atoms with E-state index in [0.717, 1.165) is 12.1 Å². The van der Waals surface area contributed by atoms with Crippen LogP contribution in [0.1, 0.15) is 52.4 Å². The zero-order chi connectivity index (χ0) is 14.3. The van der Waals surface area contributed by atoms with Crippen molar-refractivity contribution >= 4 is 28.9 Å². The van der Waals surface area contributed by atoms with Crippen molar-refractivity contribution in [2.24, 2.45) is 0 Å². The molecule has 0 saturated carbocycles. The maximum absolute atomic E-state index is 13.3. The van der Waals surface area contributed by atoms with Gasteiger partial charge in [0.2, 0.25) is 0 Å². The van der Waals surface area contributed by atoms with Crippen LogP contribution in [0.25, 0.3) is 0 Å². The summed E-state index contributed by atoms with van der Waals surface area (Å²) < 4.78 is 13.3. The minimum atomic E-state index is -0.555. The van der Waals surface area contributed by atoms with Crippen LogP contribution >= 0.6 is 23.2 Å². The lowest BCUT2D eigenvalue weighted by Gasteiger charge is -2.16. The summed E-state index contributed by atoms with van der Waals surface area (Å²) in [7, 11) is 0. The van der Waals surface area contributed by atoms with Gasteiger partial charge in [-0.2, -0.15) is 0 Å². The van der Waals surface area contributed by atoms with Crippen LogP contribution in [-0.4, -0.2) is 6.04 Å². The number of rotatable bonds is 8. The first-order valence-corrected chi connectivity index (χ1v) is 7.71. The second kappa shape index (κ2) is 8.65. The van der Waals surface area contributed by atoms with E-state index in [4.69, 9.17) is 23.2 Å². The highest BCUT2D eigenvalue weighted by atomic mass is 35.5. The van der Waals surface area contributed by atoms with Gasteiger partial charge in [-0.3, -0.25) is 0 Å². The Kier molecular flexibility index (Phi) is 7.55. The minimum Gasteiger partial charge on any atom is -0.383 e. The predicted molar refractivity (Wildman–Crippen MR) is 82.9 cm³/mol. The number of hydrogen-bond acceptors (Lipinski definition) is 1. The van der Waals surface area contributed by atoms with Gasteiger partial charge < -0.3 is 5.32 Å². The third kappa shape index (κ3) is 6.01. The third-order valence-electron chi connectivity index (χ3n) is 3.14. The van der Waals surface area contributed by atoms with Crippen molar-refractivity contribution in [2.45, 2.75) is 58.4 Å². The van der Waals surface area contributed by atoms with Crippen molar-refractivity contribution in [1.29, 1.82) is 0 Å². The van der Waals surface area contributed by atoms with Crippen molar-refractivity contribution in [3.8, 4) is 0 Å². The first-order chi connectivity index (χ1) is 9.04. The second-order valence-electron chi connectivity index (χ2n) is 5.00. The van der Waals surface area contributed by atoms with E-state index in [-0.39, 0.29) is 10.0 Å². The van der Waals surface area contributed by atoms with Crippen molar-refractivity contribution in [2.75, 3.05) is 5.32 Å². The van der Waals surface area contributed by atoms with Gasteiger partial charge in [-0.25, -0.2) is 4.39 Å². The third-order valence-corrected chi connectivity index (χ3v) is 3.69. The second-order valence-corrected chi connectivity index (χ2v) is 5.82. The Labute approximate surface area is 125 Å². The smallest absolute Gasteiger partial charge is 0.160 e. The van der Waals surface area contributed by atoms with Gasteiger partial charge in [0.05, 0.1) is 10.0 Å². The van der Waals surface area contributed by atoms with Crippen LogP contribution in [0, 0.1) is 5.82 Å². The van der Waals surface area contributed by atoms with Gasteiger partial charge in [0.15, 0.2) is 5.82 Å². The fourth-order valence-corrected chi connectivity index (χ4v) is 2.54. The zero-order valence-corrected chi connectivity index (χ0v) is 13.1. The first-order valence-electron chi connectivity index (χ1n) is 6.95. The summed E-state index contributed by atoms with van der Waals surface area (Å²) in [6.45, 7) is 4.33. The van der Waals surface area contributed by atoms with Crippen LogP contribution in [-0.2, 0) is 0 Å². The Hall–Kier alpha value is -0.470. The molecule has 0 bridgehead atoms. The number of halogens is 3. The van der Waals surface area contributed by atoms with E-state index in [1.807, 2.05) is 0 Å². The number of unbranched alkanes of at least 4 members (excludes halogenated alkanes) is 4. The normalized spacial score (nSPS) is 12.5. The molecule has 0 aliphatic rings. The predicted octanol–water partition coefficient (Wildman–Crippen LogP) is 6.29. The van der Waals surface area contributed by atoms with Gasteiger partial charge >= 0.3 is 0 Å². The van der Waals surface area contributed by atoms with Crippen LogP contribution in [0.3, 0.4) is 0 Å². The molecule has 0 radical (unpaired) electrons. The Balaban J connectivity index is 2.38. The van der Waals surface area contributed by atoms with E-state index in [1.54, 1.807) is 12.1 Å². The molecular formula is C15H22Cl2FN.